The fraction of sp³-hybridized carbons (Fsp3) is 0.312. The highest BCUT2D eigenvalue weighted by Crippen LogP contribution is 2.22. The average Bonchev–Trinajstić information content (AvgIpc) is 3.09. The van der Waals surface area contributed by atoms with E-state index in [0.29, 0.717) is 29.4 Å². The van der Waals surface area contributed by atoms with Crippen molar-refractivity contribution in [2.24, 2.45) is 0 Å². The van der Waals surface area contributed by atoms with Crippen LogP contribution in [-0.2, 0) is 4.74 Å². The standard InChI is InChI=1S/C16H19NO5/c1-19-12-7-11(8-13(9-12)20-2)16(18)17-10-15(21-3)14-5-4-6-22-14/h4-9,15H,10H2,1-3H3,(H,17,18). The molecule has 0 spiro atoms. The van der Waals surface area contributed by atoms with Crippen molar-refractivity contribution in [3.8, 4) is 11.5 Å². The monoisotopic (exact) mass is 305 g/mol. The molecule has 2 rings (SSSR count). The van der Waals surface area contributed by atoms with Crippen molar-refractivity contribution in [2.75, 3.05) is 27.9 Å². The van der Waals surface area contributed by atoms with E-state index in [1.54, 1.807) is 43.7 Å². The molecule has 1 aromatic heterocycles. The maximum atomic E-state index is 12.3. The molecule has 0 saturated heterocycles. The molecule has 0 aliphatic heterocycles. The SMILES string of the molecule is COc1cc(OC)cc(C(=O)NCC(OC)c2ccco2)c1. The first-order valence-corrected chi connectivity index (χ1v) is 6.75. The maximum Gasteiger partial charge on any atom is 0.251 e. The summed E-state index contributed by atoms with van der Waals surface area (Å²) >= 11 is 0. The molecule has 0 bridgehead atoms. The quantitative estimate of drug-likeness (QED) is 0.850. The third-order valence-electron chi connectivity index (χ3n) is 3.21. The van der Waals surface area contributed by atoms with E-state index in [-0.39, 0.29) is 12.0 Å². The first kappa shape index (κ1) is 15.9. The number of hydrogen-bond acceptors (Lipinski definition) is 5. The summed E-state index contributed by atoms with van der Waals surface area (Å²) in [6.45, 7) is 0.294. The van der Waals surface area contributed by atoms with Gasteiger partial charge in [-0.1, -0.05) is 0 Å². The molecule has 0 aliphatic carbocycles. The molecular weight excluding hydrogens is 286 g/mol. The van der Waals surface area contributed by atoms with Gasteiger partial charge in [-0.05, 0) is 24.3 Å². The molecule has 1 unspecified atom stereocenters. The molecule has 6 nitrogen and oxygen atoms in total. The Kier molecular flexibility index (Phi) is 5.43. The zero-order valence-corrected chi connectivity index (χ0v) is 12.8. The molecule has 0 fully saturated rings. The number of amides is 1. The van der Waals surface area contributed by atoms with Crippen molar-refractivity contribution in [2.45, 2.75) is 6.10 Å². The average molecular weight is 305 g/mol. The Labute approximate surface area is 129 Å². The predicted molar refractivity (Wildman–Crippen MR) is 80.3 cm³/mol. The molecule has 0 saturated carbocycles. The third-order valence-corrected chi connectivity index (χ3v) is 3.21. The number of methoxy groups -OCH3 is 3. The van der Waals surface area contributed by atoms with Gasteiger partial charge in [-0.3, -0.25) is 4.79 Å². The van der Waals surface area contributed by atoms with Gasteiger partial charge >= 0.3 is 0 Å². The molecule has 2 aromatic rings. The van der Waals surface area contributed by atoms with Gasteiger partial charge in [0.2, 0.25) is 0 Å². The lowest BCUT2D eigenvalue weighted by Crippen LogP contribution is -2.29. The highest BCUT2D eigenvalue weighted by Gasteiger charge is 2.16. The number of rotatable bonds is 7. The van der Waals surface area contributed by atoms with Crippen LogP contribution < -0.4 is 14.8 Å². The zero-order chi connectivity index (χ0) is 15.9. The number of benzene rings is 1. The molecule has 6 heteroatoms. The van der Waals surface area contributed by atoms with Crippen LogP contribution in [0.3, 0.4) is 0 Å². The summed E-state index contributed by atoms with van der Waals surface area (Å²) in [5, 5.41) is 2.81. The summed E-state index contributed by atoms with van der Waals surface area (Å²) in [4.78, 5) is 12.3. The van der Waals surface area contributed by atoms with Crippen LogP contribution in [0.1, 0.15) is 22.2 Å². The van der Waals surface area contributed by atoms with E-state index in [2.05, 4.69) is 5.32 Å². The normalized spacial score (nSPS) is 11.8. The Morgan fingerprint density at radius 2 is 1.86 bits per heavy atom. The first-order valence-electron chi connectivity index (χ1n) is 6.75. The number of ether oxygens (including phenoxy) is 3. The Morgan fingerprint density at radius 3 is 2.36 bits per heavy atom. The number of carbonyl (C=O) groups is 1. The van der Waals surface area contributed by atoms with Gasteiger partial charge < -0.3 is 23.9 Å². The third kappa shape index (κ3) is 3.79. The predicted octanol–water partition coefficient (Wildman–Crippen LogP) is 2.41. The second-order valence-electron chi connectivity index (χ2n) is 4.55. The second kappa shape index (κ2) is 7.51. The molecule has 118 valence electrons. The van der Waals surface area contributed by atoms with E-state index in [1.807, 2.05) is 0 Å². The van der Waals surface area contributed by atoms with Gasteiger partial charge in [0.1, 0.15) is 23.4 Å². The Morgan fingerprint density at radius 1 is 1.18 bits per heavy atom. The van der Waals surface area contributed by atoms with Crippen molar-refractivity contribution in [1.82, 2.24) is 5.32 Å². The van der Waals surface area contributed by atoms with E-state index < -0.39 is 0 Å². The minimum Gasteiger partial charge on any atom is -0.497 e. The van der Waals surface area contributed by atoms with E-state index in [1.165, 1.54) is 14.2 Å². The molecule has 1 N–H and O–H groups in total. The van der Waals surface area contributed by atoms with Gasteiger partial charge in [0, 0.05) is 18.7 Å². The van der Waals surface area contributed by atoms with E-state index in [0.717, 1.165) is 0 Å². The van der Waals surface area contributed by atoms with E-state index in [4.69, 9.17) is 18.6 Å². The lowest BCUT2D eigenvalue weighted by molar-refractivity contribution is 0.0738. The maximum absolute atomic E-state index is 12.3. The first-order chi connectivity index (χ1) is 10.7. The smallest absolute Gasteiger partial charge is 0.251 e. The summed E-state index contributed by atoms with van der Waals surface area (Å²) in [6, 6.07) is 8.57. The molecule has 0 radical (unpaired) electrons. The second-order valence-corrected chi connectivity index (χ2v) is 4.55. The van der Waals surface area contributed by atoms with Crippen molar-refractivity contribution >= 4 is 5.91 Å². The summed E-state index contributed by atoms with van der Waals surface area (Å²) < 4.78 is 20.9. The lowest BCUT2D eigenvalue weighted by atomic mass is 10.1. The molecule has 1 amide bonds. The van der Waals surface area contributed by atoms with Crippen molar-refractivity contribution < 1.29 is 23.4 Å². The molecule has 0 aliphatic rings. The van der Waals surface area contributed by atoms with Crippen LogP contribution in [0, 0.1) is 0 Å². The van der Waals surface area contributed by atoms with Gasteiger partial charge in [-0.25, -0.2) is 0 Å². The molecule has 1 aromatic carbocycles. The summed E-state index contributed by atoms with van der Waals surface area (Å²) in [6.07, 6.45) is 1.22. The van der Waals surface area contributed by atoms with Crippen LogP contribution in [0.5, 0.6) is 11.5 Å². The van der Waals surface area contributed by atoms with Crippen LogP contribution in [0.25, 0.3) is 0 Å². The topological polar surface area (TPSA) is 69.9 Å². The molecule has 22 heavy (non-hydrogen) atoms. The number of furan rings is 1. The fourth-order valence-electron chi connectivity index (χ4n) is 2.00. The van der Waals surface area contributed by atoms with Gasteiger partial charge in [0.15, 0.2) is 0 Å². The van der Waals surface area contributed by atoms with Crippen molar-refractivity contribution in [3.05, 3.63) is 47.9 Å². The zero-order valence-electron chi connectivity index (χ0n) is 12.8. The van der Waals surface area contributed by atoms with Crippen LogP contribution in [0.15, 0.2) is 41.0 Å². The number of carbonyl (C=O) groups excluding carboxylic acids is 1. The van der Waals surface area contributed by atoms with E-state index in [9.17, 15) is 4.79 Å². The fourth-order valence-corrected chi connectivity index (χ4v) is 2.00. The number of hydrogen-bond donors (Lipinski definition) is 1. The van der Waals surface area contributed by atoms with Crippen LogP contribution in [-0.4, -0.2) is 33.8 Å². The minimum absolute atomic E-state index is 0.245. The molecule has 1 heterocycles. The van der Waals surface area contributed by atoms with Crippen molar-refractivity contribution in [3.63, 3.8) is 0 Å². The summed E-state index contributed by atoms with van der Waals surface area (Å²) in [7, 11) is 4.64. The van der Waals surface area contributed by atoms with E-state index >= 15 is 0 Å². The molecule has 1 atom stereocenters. The van der Waals surface area contributed by atoms with Crippen LogP contribution >= 0.6 is 0 Å². The Balaban J connectivity index is 2.05. The van der Waals surface area contributed by atoms with Crippen LogP contribution in [0.4, 0.5) is 0 Å². The van der Waals surface area contributed by atoms with Gasteiger partial charge in [0.05, 0.1) is 27.0 Å². The van der Waals surface area contributed by atoms with Gasteiger partial charge in [-0.2, -0.15) is 0 Å². The van der Waals surface area contributed by atoms with Crippen molar-refractivity contribution in [1.29, 1.82) is 0 Å². The van der Waals surface area contributed by atoms with Crippen LogP contribution in [0.2, 0.25) is 0 Å². The Bertz CT molecular complexity index is 587. The minimum atomic E-state index is -0.341. The molecular formula is C16H19NO5. The lowest BCUT2D eigenvalue weighted by Gasteiger charge is -2.14. The summed E-state index contributed by atoms with van der Waals surface area (Å²) in [5.74, 6) is 1.52. The van der Waals surface area contributed by atoms with Gasteiger partial charge in [-0.15, -0.1) is 0 Å². The van der Waals surface area contributed by atoms with Gasteiger partial charge in [0.25, 0.3) is 5.91 Å². The summed E-state index contributed by atoms with van der Waals surface area (Å²) in [5.41, 5.74) is 0.450. The Hall–Kier alpha value is -2.47. The highest BCUT2D eigenvalue weighted by atomic mass is 16.5. The number of nitrogens with one attached hydrogen (secondary N) is 1. The largest absolute Gasteiger partial charge is 0.497 e. The highest BCUT2D eigenvalue weighted by molar-refractivity contribution is 5.95.